The predicted octanol–water partition coefficient (Wildman–Crippen LogP) is 2.52. The monoisotopic (exact) mass is 401 g/mol. The summed E-state index contributed by atoms with van der Waals surface area (Å²) in [7, 11) is 0. The summed E-state index contributed by atoms with van der Waals surface area (Å²) in [4.78, 5) is 26.4. The Morgan fingerprint density at radius 2 is 1.52 bits per heavy atom. The lowest BCUT2D eigenvalue weighted by Gasteiger charge is -2.31. The van der Waals surface area contributed by atoms with E-state index in [9.17, 15) is 18.4 Å². The zero-order chi connectivity index (χ0) is 20.6. The normalized spacial score (nSPS) is 15.1. The van der Waals surface area contributed by atoms with E-state index in [0.717, 1.165) is 31.5 Å². The molecule has 1 fully saturated rings. The van der Waals surface area contributed by atoms with Crippen LogP contribution in [-0.2, 0) is 11.2 Å². The summed E-state index contributed by atoms with van der Waals surface area (Å²) in [5, 5.41) is 5.86. The van der Waals surface area contributed by atoms with Gasteiger partial charge in [-0.3, -0.25) is 14.5 Å². The number of hydrogen-bond donors (Lipinski definition) is 2. The minimum atomic E-state index is -0.370. The average Bonchev–Trinajstić information content (AvgIpc) is 2.71. The van der Waals surface area contributed by atoms with E-state index in [4.69, 9.17) is 0 Å². The minimum Gasteiger partial charge on any atom is -0.355 e. The van der Waals surface area contributed by atoms with Gasteiger partial charge < -0.3 is 10.6 Å². The number of carbonyl (C=O) groups is 2. The van der Waals surface area contributed by atoms with Crippen molar-refractivity contribution in [2.24, 2.45) is 0 Å². The second-order valence-corrected chi connectivity index (χ2v) is 7.26. The molecule has 29 heavy (non-hydrogen) atoms. The van der Waals surface area contributed by atoms with Crippen molar-refractivity contribution in [2.75, 3.05) is 26.2 Å². The largest absolute Gasteiger partial charge is 0.355 e. The molecule has 0 bridgehead atoms. The third-order valence-corrected chi connectivity index (χ3v) is 5.05. The van der Waals surface area contributed by atoms with Gasteiger partial charge in [-0.05, 0) is 61.2 Å². The van der Waals surface area contributed by atoms with Crippen molar-refractivity contribution in [1.29, 1.82) is 0 Å². The van der Waals surface area contributed by atoms with E-state index in [1.807, 2.05) is 0 Å². The summed E-state index contributed by atoms with van der Waals surface area (Å²) in [6.45, 7) is 2.27. The Bertz CT molecular complexity index is 817. The Kier molecular flexibility index (Phi) is 7.30. The van der Waals surface area contributed by atoms with Gasteiger partial charge in [-0.25, -0.2) is 8.78 Å². The van der Waals surface area contributed by atoms with E-state index in [2.05, 4.69) is 15.5 Å². The van der Waals surface area contributed by atoms with Gasteiger partial charge >= 0.3 is 0 Å². The number of benzene rings is 2. The lowest BCUT2D eigenvalue weighted by Crippen LogP contribution is -2.47. The molecule has 154 valence electrons. The number of nitrogens with zero attached hydrogens (tertiary/aromatic N) is 1. The highest BCUT2D eigenvalue weighted by Crippen LogP contribution is 2.11. The van der Waals surface area contributed by atoms with Crippen LogP contribution in [0.4, 0.5) is 8.78 Å². The van der Waals surface area contributed by atoms with E-state index in [1.54, 1.807) is 12.1 Å². The van der Waals surface area contributed by atoms with E-state index in [-0.39, 0.29) is 29.5 Å². The Morgan fingerprint density at radius 3 is 2.14 bits per heavy atom. The van der Waals surface area contributed by atoms with Crippen LogP contribution >= 0.6 is 0 Å². The van der Waals surface area contributed by atoms with Crippen LogP contribution in [0.2, 0.25) is 0 Å². The zero-order valence-electron chi connectivity index (χ0n) is 16.2. The first kappa shape index (κ1) is 20.9. The van der Waals surface area contributed by atoms with E-state index in [1.165, 1.54) is 36.4 Å². The smallest absolute Gasteiger partial charge is 0.251 e. The number of amides is 2. The van der Waals surface area contributed by atoms with Gasteiger partial charge in [0.25, 0.3) is 5.91 Å². The second-order valence-electron chi connectivity index (χ2n) is 7.26. The molecule has 1 aliphatic heterocycles. The van der Waals surface area contributed by atoms with Crippen LogP contribution < -0.4 is 10.6 Å². The maximum absolute atomic E-state index is 13.0. The van der Waals surface area contributed by atoms with Crippen LogP contribution in [0.5, 0.6) is 0 Å². The third kappa shape index (κ3) is 6.64. The molecule has 2 aromatic rings. The van der Waals surface area contributed by atoms with Gasteiger partial charge in [0.15, 0.2) is 0 Å². The van der Waals surface area contributed by atoms with Crippen LogP contribution in [0.3, 0.4) is 0 Å². The molecule has 1 aliphatic rings. The summed E-state index contributed by atoms with van der Waals surface area (Å²) in [6.07, 6.45) is 2.18. The van der Waals surface area contributed by atoms with Crippen LogP contribution in [0.15, 0.2) is 48.5 Å². The molecule has 5 nitrogen and oxygen atoms in total. The number of nitrogens with one attached hydrogen (secondary N) is 2. The van der Waals surface area contributed by atoms with Crippen molar-refractivity contribution in [3.05, 3.63) is 71.3 Å². The fraction of sp³-hybridized carbons (Fsp3) is 0.364. The number of likely N-dealkylation sites (tertiary alicyclic amines) is 1. The number of piperidine rings is 1. The first-order valence-corrected chi connectivity index (χ1v) is 9.79. The van der Waals surface area contributed by atoms with Crippen molar-refractivity contribution < 1.29 is 18.4 Å². The maximum Gasteiger partial charge on any atom is 0.251 e. The summed E-state index contributed by atoms with van der Waals surface area (Å²) >= 11 is 0. The van der Waals surface area contributed by atoms with Crippen LogP contribution in [0.25, 0.3) is 0 Å². The highest BCUT2D eigenvalue weighted by molar-refractivity contribution is 5.94. The molecule has 0 radical (unpaired) electrons. The van der Waals surface area contributed by atoms with Gasteiger partial charge in [0, 0.05) is 31.2 Å². The maximum atomic E-state index is 13.0. The molecule has 0 unspecified atom stereocenters. The Labute approximate surface area is 169 Å². The van der Waals surface area contributed by atoms with Crippen molar-refractivity contribution in [2.45, 2.75) is 25.3 Å². The predicted molar refractivity (Wildman–Crippen MR) is 106 cm³/mol. The number of halogens is 2. The van der Waals surface area contributed by atoms with Gasteiger partial charge in [-0.1, -0.05) is 12.1 Å². The molecule has 2 aromatic carbocycles. The summed E-state index contributed by atoms with van der Waals surface area (Å²) in [5.74, 6) is -0.885. The molecule has 2 amide bonds. The summed E-state index contributed by atoms with van der Waals surface area (Å²) < 4.78 is 25.8. The highest BCUT2D eigenvalue weighted by Gasteiger charge is 2.22. The lowest BCUT2D eigenvalue weighted by molar-refractivity contribution is -0.122. The van der Waals surface area contributed by atoms with Gasteiger partial charge in [0.05, 0.1) is 6.54 Å². The molecule has 0 aliphatic carbocycles. The molecular weight excluding hydrogens is 376 g/mol. The molecule has 0 saturated carbocycles. The summed E-state index contributed by atoms with van der Waals surface area (Å²) in [6, 6.07) is 11.8. The second kappa shape index (κ2) is 10.1. The SMILES string of the molecule is O=C(CN1CCC(NC(=O)c2ccc(F)cc2)CC1)NCCc1ccc(F)cc1. The standard InChI is InChI=1S/C22H25F2N3O2/c23-18-5-1-16(2-6-18)9-12-25-21(28)15-27-13-10-20(11-14-27)26-22(29)17-3-7-19(24)8-4-17/h1-8,20H,9-15H2,(H,25,28)(H,26,29). The van der Waals surface area contributed by atoms with Gasteiger partial charge in [0.2, 0.25) is 5.91 Å². The number of rotatable bonds is 7. The van der Waals surface area contributed by atoms with Gasteiger partial charge in [-0.2, -0.15) is 0 Å². The van der Waals surface area contributed by atoms with Crippen LogP contribution in [0.1, 0.15) is 28.8 Å². The van der Waals surface area contributed by atoms with E-state index < -0.39 is 0 Å². The first-order chi connectivity index (χ1) is 14.0. The molecule has 2 N–H and O–H groups in total. The average molecular weight is 401 g/mol. The van der Waals surface area contributed by atoms with E-state index >= 15 is 0 Å². The number of hydrogen-bond acceptors (Lipinski definition) is 3. The van der Waals surface area contributed by atoms with E-state index in [0.29, 0.717) is 25.1 Å². The third-order valence-electron chi connectivity index (χ3n) is 5.05. The molecule has 0 atom stereocenters. The molecule has 1 saturated heterocycles. The molecule has 0 spiro atoms. The fourth-order valence-electron chi connectivity index (χ4n) is 3.36. The Balaban J connectivity index is 1.33. The minimum absolute atomic E-state index is 0.0408. The fourth-order valence-corrected chi connectivity index (χ4v) is 3.36. The molecule has 7 heteroatoms. The van der Waals surface area contributed by atoms with Crippen LogP contribution in [0, 0.1) is 11.6 Å². The zero-order valence-corrected chi connectivity index (χ0v) is 16.2. The lowest BCUT2D eigenvalue weighted by atomic mass is 10.0. The van der Waals surface area contributed by atoms with Crippen molar-refractivity contribution in [3.63, 3.8) is 0 Å². The summed E-state index contributed by atoms with van der Waals surface area (Å²) in [5.41, 5.74) is 1.42. The Morgan fingerprint density at radius 1 is 0.931 bits per heavy atom. The van der Waals surface area contributed by atoms with Crippen molar-refractivity contribution >= 4 is 11.8 Å². The van der Waals surface area contributed by atoms with Gasteiger partial charge in [-0.15, -0.1) is 0 Å². The molecule has 0 aromatic heterocycles. The highest BCUT2D eigenvalue weighted by atomic mass is 19.1. The Hall–Kier alpha value is -2.80. The van der Waals surface area contributed by atoms with Crippen molar-refractivity contribution in [1.82, 2.24) is 15.5 Å². The van der Waals surface area contributed by atoms with Crippen LogP contribution in [-0.4, -0.2) is 48.9 Å². The number of carbonyl (C=O) groups excluding carboxylic acids is 2. The topological polar surface area (TPSA) is 61.4 Å². The van der Waals surface area contributed by atoms with Gasteiger partial charge in [0.1, 0.15) is 11.6 Å². The molecule has 1 heterocycles. The molecule has 3 rings (SSSR count). The molecular formula is C22H25F2N3O2. The van der Waals surface area contributed by atoms with Crippen molar-refractivity contribution in [3.8, 4) is 0 Å². The first-order valence-electron chi connectivity index (χ1n) is 9.79. The quantitative estimate of drug-likeness (QED) is 0.750.